The van der Waals surface area contributed by atoms with Crippen LogP contribution in [0.3, 0.4) is 0 Å². The number of aryl methyl sites for hydroxylation is 1. The third kappa shape index (κ3) is 4.34. The number of halogens is 1. The number of benzene rings is 2. The van der Waals surface area contributed by atoms with Gasteiger partial charge in [0.15, 0.2) is 0 Å². The lowest BCUT2D eigenvalue weighted by Gasteiger charge is -2.11. The van der Waals surface area contributed by atoms with Crippen molar-refractivity contribution in [3.8, 4) is 0 Å². The number of nitrogens with zero attached hydrogens (tertiary/aromatic N) is 3. The van der Waals surface area contributed by atoms with Gasteiger partial charge in [-0.15, -0.1) is 11.8 Å². The summed E-state index contributed by atoms with van der Waals surface area (Å²) in [6.07, 6.45) is 0. The Morgan fingerprint density at radius 1 is 1.21 bits per heavy atom. The summed E-state index contributed by atoms with van der Waals surface area (Å²) in [5.74, 6) is 0.211. The zero-order valence-corrected chi connectivity index (χ0v) is 17.6. The van der Waals surface area contributed by atoms with Gasteiger partial charge in [-0.2, -0.15) is 9.61 Å². The zero-order chi connectivity index (χ0) is 20.4. The number of thioether (sulfide) groups is 1. The van der Waals surface area contributed by atoms with Gasteiger partial charge < -0.3 is 5.32 Å². The van der Waals surface area contributed by atoms with Crippen molar-refractivity contribution in [2.75, 3.05) is 5.32 Å². The summed E-state index contributed by atoms with van der Waals surface area (Å²) >= 11 is 8.99. The molecular weight excluding hydrogens is 428 g/mol. The fourth-order valence-corrected chi connectivity index (χ4v) is 4.60. The maximum atomic E-state index is 12.6. The van der Waals surface area contributed by atoms with Crippen molar-refractivity contribution in [2.45, 2.75) is 17.6 Å². The first-order valence-corrected chi connectivity index (χ1v) is 10.8. The van der Waals surface area contributed by atoms with Gasteiger partial charge in [-0.1, -0.05) is 47.2 Å². The van der Waals surface area contributed by atoms with Crippen LogP contribution in [0, 0.1) is 6.92 Å². The summed E-state index contributed by atoms with van der Waals surface area (Å²) in [4.78, 5) is 30.8. The molecule has 2 aromatic heterocycles. The number of para-hydroxylation sites is 1. The van der Waals surface area contributed by atoms with Crippen LogP contribution in [-0.2, 0) is 5.75 Å². The largest absolute Gasteiger partial charge is 0.321 e. The highest BCUT2D eigenvalue weighted by Crippen LogP contribution is 2.30. The van der Waals surface area contributed by atoms with E-state index in [4.69, 9.17) is 11.6 Å². The molecular formula is C20H15ClN4O2S2. The first-order chi connectivity index (χ1) is 14.0. The van der Waals surface area contributed by atoms with E-state index in [2.05, 4.69) is 15.4 Å². The zero-order valence-electron chi connectivity index (χ0n) is 15.3. The van der Waals surface area contributed by atoms with Gasteiger partial charge in [0.2, 0.25) is 4.96 Å². The van der Waals surface area contributed by atoms with Gasteiger partial charge >= 0.3 is 0 Å². The molecule has 0 saturated carbocycles. The number of hydrogen-bond donors (Lipinski definition) is 1. The van der Waals surface area contributed by atoms with Gasteiger partial charge in [0.25, 0.3) is 11.5 Å². The molecule has 2 aromatic carbocycles. The van der Waals surface area contributed by atoms with Gasteiger partial charge in [-0.25, -0.2) is 4.98 Å². The molecule has 0 saturated heterocycles. The number of amides is 1. The fourth-order valence-electron chi connectivity index (χ4n) is 2.71. The number of carbonyl (C=O) groups excluding carboxylic acids is 1. The van der Waals surface area contributed by atoms with E-state index in [0.29, 0.717) is 32.7 Å². The van der Waals surface area contributed by atoms with Crippen LogP contribution in [0.25, 0.3) is 4.96 Å². The predicted octanol–water partition coefficient (Wildman–Crippen LogP) is 4.66. The molecule has 4 rings (SSSR count). The Balaban J connectivity index is 1.54. The van der Waals surface area contributed by atoms with Crippen molar-refractivity contribution < 1.29 is 4.79 Å². The summed E-state index contributed by atoms with van der Waals surface area (Å²) in [6, 6.07) is 15.9. The Labute approximate surface area is 179 Å². The quantitative estimate of drug-likeness (QED) is 0.455. The molecule has 1 N–H and O–H groups in total. The van der Waals surface area contributed by atoms with E-state index in [0.717, 1.165) is 9.90 Å². The van der Waals surface area contributed by atoms with E-state index in [1.807, 2.05) is 31.2 Å². The normalized spacial score (nSPS) is 11.0. The Morgan fingerprint density at radius 2 is 1.97 bits per heavy atom. The Morgan fingerprint density at radius 3 is 2.79 bits per heavy atom. The minimum Gasteiger partial charge on any atom is -0.321 e. The smallest absolute Gasteiger partial charge is 0.275 e. The fraction of sp³-hybridized carbons (Fsp3) is 0.100. The molecule has 29 heavy (non-hydrogen) atoms. The number of fused-ring (bicyclic) bond motifs is 1. The van der Waals surface area contributed by atoms with Gasteiger partial charge in [0.1, 0.15) is 5.01 Å². The van der Waals surface area contributed by atoms with Crippen LogP contribution in [0.4, 0.5) is 5.69 Å². The van der Waals surface area contributed by atoms with Crippen LogP contribution in [-0.4, -0.2) is 20.5 Å². The number of nitrogens with one attached hydrogen (secondary N) is 1. The van der Waals surface area contributed by atoms with E-state index in [1.54, 1.807) is 24.3 Å². The van der Waals surface area contributed by atoms with Crippen molar-refractivity contribution in [3.63, 3.8) is 0 Å². The maximum absolute atomic E-state index is 12.6. The van der Waals surface area contributed by atoms with Gasteiger partial charge in [0.05, 0.1) is 22.0 Å². The molecule has 1 amide bonds. The molecule has 0 radical (unpaired) electrons. The molecule has 6 nitrogen and oxygen atoms in total. The number of anilines is 1. The first-order valence-electron chi connectivity index (χ1n) is 8.65. The van der Waals surface area contributed by atoms with Crippen LogP contribution in [0.1, 0.15) is 21.1 Å². The number of hydrogen-bond acceptors (Lipinski definition) is 6. The van der Waals surface area contributed by atoms with Crippen molar-refractivity contribution in [2.24, 2.45) is 0 Å². The SMILES string of the molecule is Cc1nn2c(=O)cc(CSc3ccccc3NC(=O)c3ccccc3Cl)nc2s1. The third-order valence-corrected chi connectivity index (χ3v) is 6.29. The van der Waals surface area contributed by atoms with E-state index in [9.17, 15) is 9.59 Å². The van der Waals surface area contributed by atoms with Crippen LogP contribution >= 0.6 is 34.7 Å². The molecule has 0 fully saturated rings. The van der Waals surface area contributed by atoms with E-state index >= 15 is 0 Å². The molecule has 0 atom stereocenters. The second-order valence-electron chi connectivity index (χ2n) is 6.12. The lowest BCUT2D eigenvalue weighted by molar-refractivity contribution is 0.102. The van der Waals surface area contributed by atoms with Gasteiger partial charge in [-0.05, 0) is 31.2 Å². The number of carbonyl (C=O) groups is 1. The van der Waals surface area contributed by atoms with E-state index in [1.165, 1.54) is 33.7 Å². The summed E-state index contributed by atoms with van der Waals surface area (Å²) in [5.41, 5.74) is 1.55. The highest BCUT2D eigenvalue weighted by Gasteiger charge is 2.13. The molecule has 0 aliphatic rings. The minimum atomic E-state index is -0.276. The first kappa shape index (κ1) is 19.6. The second kappa shape index (κ2) is 8.36. The minimum absolute atomic E-state index is 0.199. The van der Waals surface area contributed by atoms with E-state index < -0.39 is 0 Å². The summed E-state index contributed by atoms with van der Waals surface area (Å²) in [6.45, 7) is 1.84. The monoisotopic (exact) mass is 442 g/mol. The molecule has 2 heterocycles. The molecule has 4 aromatic rings. The van der Waals surface area contributed by atoms with Gasteiger partial charge in [-0.3, -0.25) is 9.59 Å². The Hall–Kier alpha value is -2.68. The summed E-state index contributed by atoms with van der Waals surface area (Å²) < 4.78 is 1.31. The summed E-state index contributed by atoms with van der Waals surface area (Å²) in [5, 5.41) is 8.24. The van der Waals surface area contributed by atoms with Crippen molar-refractivity contribution in [1.29, 1.82) is 0 Å². The van der Waals surface area contributed by atoms with Crippen LogP contribution in [0.5, 0.6) is 0 Å². The van der Waals surface area contributed by atoms with Crippen molar-refractivity contribution in [1.82, 2.24) is 14.6 Å². The Bertz CT molecular complexity index is 1270. The van der Waals surface area contributed by atoms with E-state index in [-0.39, 0.29) is 11.5 Å². The molecule has 0 aliphatic heterocycles. The Kier molecular flexibility index (Phi) is 5.66. The molecule has 0 spiro atoms. The number of aromatic nitrogens is 3. The standard InChI is InChI=1S/C20H15ClN4O2S2/c1-12-24-25-18(26)10-13(22-20(25)29-12)11-28-17-9-5-4-8-16(17)23-19(27)14-6-2-3-7-15(14)21/h2-10H,11H2,1H3,(H,23,27). The highest BCUT2D eigenvalue weighted by molar-refractivity contribution is 7.98. The average molecular weight is 443 g/mol. The highest BCUT2D eigenvalue weighted by atomic mass is 35.5. The predicted molar refractivity (Wildman–Crippen MR) is 117 cm³/mol. The summed E-state index contributed by atoms with van der Waals surface area (Å²) in [7, 11) is 0. The molecule has 0 aliphatic carbocycles. The van der Waals surface area contributed by atoms with Crippen LogP contribution in [0.15, 0.2) is 64.3 Å². The third-order valence-electron chi connectivity index (χ3n) is 4.03. The van der Waals surface area contributed by atoms with Crippen molar-refractivity contribution >= 4 is 51.3 Å². The van der Waals surface area contributed by atoms with Crippen LogP contribution in [0.2, 0.25) is 5.02 Å². The average Bonchev–Trinajstić information content (AvgIpc) is 3.08. The molecule has 9 heteroatoms. The lowest BCUT2D eigenvalue weighted by Crippen LogP contribution is -2.15. The topological polar surface area (TPSA) is 76.4 Å². The number of rotatable bonds is 5. The molecule has 0 unspecified atom stereocenters. The molecule has 146 valence electrons. The van der Waals surface area contributed by atoms with Crippen LogP contribution < -0.4 is 10.9 Å². The van der Waals surface area contributed by atoms with Crippen molar-refractivity contribution in [3.05, 3.63) is 86.2 Å². The molecule has 0 bridgehead atoms. The lowest BCUT2D eigenvalue weighted by atomic mass is 10.2. The van der Waals surface area contributed by atoms with Gasteiger partial charge in [0, 0.05) is 16.7 Å². The maximum Gasteiger partial charge on any atom is 0.275 e. The second-order valence-corrected chi connectivity index (χ2v) is 8.70.